The van der Waals surface area contributed by atoms with Crippen LogP contribution in [-0.2, 0) is 0 Å². The predicted octanol–water partition coefficient (Wildman–Crippen LogP) is 3.88. The average molecular weight is 295 g/mol. The zero-order valence-electron chi connectivity index (χ0n) is 12.7. The number of thiazole rings is 1. The molecular formula is C15H25N3OS. The quantitative estimate of drug-likeness (QED) is 0.916. The summed E-state index contributed by atoms with van der Waals surface area (Å²) in [5.74, 6) is 0. The molecule has 1 fully saturated rings. The number of amides is 2. The van der Waals surface area contributed by atoms with Crippen molar-refractivity contribution in [1.82, 2.24) is 15.2 Å². The Hall–Kier alpha value is -1.10. The van der Waals surface area contributed by atoms with Gasteiger partial charge in [0.25, 0.3) is 0 Å². The van der Waals surface area contributed by atoms with Crippen molar-refractivity contribution in [2.75, 3.05) is 6.54 Å². The third kappa shape index (κ3) is 3.72. The first kappa shape index (κ1) is 15.3. The zero-order chi connectivity index (χ0) is 14.5. The van der Waals surface area contributed by atoms with E-state index in [0.717, 1.165) is 30.1 Å². The van der Waals surface area contributed by atoms with Gasteiger partial charge in [-0.2, -0.15) is 0 Å². The smallest absolute Gasteiger partial charge is 0.318 e. The highest BCUT2D eigenvalue weighted by Gasteiger charge is 2.25. The van der Waals surface area contributed by atoms with Crippen molar-refractivity contribution in [1.29, 1.82) is 0 Å². The Morgan fingerprint density at radius 2 is 2.20 bits per heavy atom. The number of hydrogen-bond acceptors (Lipinski definition) is 3. The Labute approximate surface area is 125 Å². The van der Waals surface area contributed by atoms with Gasteiger partial charge in [-0.05, 0) is 33.6 Å². The molecule has 0 bridgehead atoms. The lowest BCUT2D eigenvalue weighted by atomic mass is 9.94. The van der Waals surface area contributed by atoms with Crippen LogP contribution in [0.5, 0.6) is 0 Å². The van der Waals surface area contributed by atoms with Gasteiger partial charge >= 0.3 is 6.03 Å². The number of carbonyl (C=O) groups is 1. The summed E-state index contributed by atoms with van der Waals surface area (Å²) in [5, 5.41) is 6.16. The first-order chi connectivity index (χ1) is 9.61. The number of aryl methyl sites for hydroxylation is 1. The van der Waals surface area contributed by atoms with Gasteiger partial charge in [0.1, 0.15) is 0 Å². The predicted molar refractivity (Wildman–Crippen MR) is 83.1 cm³/mol. The minimum absolute atomic E-state index is 0.0231. The second-order valence-corrected chi connectivity index (χ2v) is 6.60. The lowest BCUT2D eigenvalue weighted by Crippen LogP contribution is -2.47. The van der Waals surface area contributed by atoms with Gasteiger partial charge in [-0.25, -0.2) is 9.78 Å². The van der Waals surface area contributed by atoms with E-state index in [2.05, 4.69) is 17.2 Å². The second-order valence-electron chi connectivity index (χ2n) is 5.54. The first-order valence-corrected chi connectivity index (χ1v) is 8.49. The maximum Gasteiger partial charge on any atom is 0.318 e. The molecular weight excluding hydrogens is 270 g/mol. The summed E-state index contributed by atoms with van der Waals surface area (Å²) in [4.78, 5) is 18.9. The largest absolute Gasteiger partial charge is 0.330 e. The summed E-state index contributed by atoms with van der Waals surface area (Å²) in [6, 6.07) is 0.445. The van der Waals surface area contributed by atoms with Crippen LogP contribution in [0.15, 0.2) is 5.38 Å². The lowest BCUT2D eigenvalue weighted by molar-refractivity contribution is 0.157. The van der Waals surface area contributed by atoms with E-state index in [9.17, 15) is 4.79 Å². The summed E-state index contributed by atoms with van der Waals surface area (Å²) in [7, 11) is 0. The molecule has 112 valence electrons. The van der Waals surface area contributed by atoms with E-state index in [1.165, 1.54) is 19.3 Å². The Bertz CT molecular complexity index is 440. The molecule has 2 amide bonds. The van der Waals surface area contributed by atoms with Crippen molar-refractivity contribution in [3.63, 3.8) is 0 Å². The fourth-order valence-electron chi connectivity index (χ4n) is 2.88. The number of hydrogen-bond donors (Lipinski definition) is 1. The number of urea groups is 1. The van der Waals surface area contributed by atoms with Crippen LogP contribution in [0.3, 0.4) is 0 Å². The monoisotopic (exact) mass is 295 g/mol. The van der Waals surface area contributed by atoms with Gasteiger partial charge in [0.05, 0.1) is 16.7 Å². The fraction of sp³-hybridized carbons (Fsp3) is 0.733. The molecule has 1 aliphatic rings. The number of carbonyl (C=O) groups excluding carboxylic acids is 1. The summed E-state index contributed by atoms with van der Waals surface area (Å²) in [6.07, 6.45) is 6.09. The SMILES string of the molecule is CCN(C(=O)N[C@@H](C)c1csc(C)n1)C1CCCCC1. The minimum atomic E-state index is -0.0231. The Balaban J connectivity index is 1.94. The molecule has 0 unspecified atom stereocenters. The first-order valence-electron chi connectivity index (χ1n) is 7.61. The normalized spacial score (nSPS) is 17.8. The minimum Gasteiger partial charge on any atom is -0.330 e. The molecule has 0 radical (unpaired) electrons. The average Bonchev–Trinajstić information content (AvgIpc) is 2.87. The maximum absolute atomic E-state index is 12.5. The lowest BCUT2D eigenvalue weighted by Gasteiger charge is -2.34. The van der Waals surface area contributed by atoms with Crippen LogP contribution in [0.1, 0.15) is 62.7 Å². The molecule has 4 nitrogen and oxygen atoms in total. The van der Waals surface area contributed by atoms with E-state index >= 15 is 0 Å². The van der Waals surface area contributed by atoms with Crippen LogP contribution in [0.4, 0.5) is 4.79 Å². The molecule has 20 heavy (non-hydrogen) atoms. The molecule has 5 heteroatoms. The van der Waals surface area contributed by atoms with Gasteiger partial charge in [-0.3, -0.25) is 0 Å². The Morgan fingerprint density at radius 3 is 2.75 bits per heavy atom. The highest BCUT2D eigenvalue weighted by Crippen LogP contribution is 2.23. The highest BCUT2D eigenvalue weighted by molar-refractivity contribution is 7.09. The fourth-order valence-corrected chi connectivity index (χ4v) is 3.59. The van der Waals surface area contributed by atoms with Gasteiger partial charge in [0.2, 0.25) is 0 Å². The zero-order valence-corrected chi connectivity index (χ0v) is 13.5. The Morgan fingerprint density at radius 1 is 1.50 bits per heavy atom. The van der Waals surface area contributed by atoms with E-state index in [1.54, 1.807) is 11.3 Å². The van der Waals surface area contributed by atoms with Crippen molar-refractivity contribution in [2.45, 2.75) is 65.0 Å². The summed E-state index contributed by atoms with van der Waals surface area (Å²) in [5.41, 5.74) is 0.959. The maximum atomic E-state index is 12.5. The van der Waals surface area contributed by atoms with E-state index in [-0.39, 0.29) is 12.1 Å². The van der Waals surface area contributed by atoms with Crippen LogP contribution in [0.2, 0.25) is 0 Å². The summed E-state index contributed by atoms with van der Waals surface area (Å²) >= 11 is 1.63. The van der Waals surface area contributed by atoms with E-state index in [1.807, 2.05) is 24.1 Å². The van der Waals surface area contributed by atoms with Crippen molar-refractivity contribution >= 4 is 17.4 Å². The summed E-state index contributed by atoms with van der Waals surface area (Å²) < 4.78 is 0. The molecule has 1 saturated carbocycles. The molecule has 1 heterocycles. The van der Waals surface area contributed by atoms with E-state index in [4.69, 9.17) is 0 Å². The van der Waals surface area contributed by atoms with Gasteiger partial charge < -0.3 is 10.2 Å². The van der Waals surface area contributed by atoms with Crippen LogP contribution in [0.25, 0.3) is 0 Å². The number of nitrogens with zero attached hydrogens (tertiary/aromatic N) is 2. The van der Waals surface area contributed by atoms with Gasteiger partial charge in [-0.15, -0.1) is 11.3 Å². The van der Waals surface area contributed by atoms with Crippen molar-refractivity contribution < 1.29 is 4.79 Å². The van der Waals surface area contributed by atoms with Crippen LogP contribution >= 0.6 is 11.3 Å². The van der Waals surface area contributed by atoms with Gasteiger partial charge in [0, 0.05) is 18.0 Å². The molecule has 0 spiro atoms. The third-order valence-electron chi connectivity index (χ3n) is 4.04. The molecule has 2 rings (SSSR count). The molecule has 1 N–H and O–H groups in total. The third-order valence-corrected chi connectivity index (χ3v) is 4.83. The van der Waals surface area contributed by atoms with Gasteiger partial charge in [0.15, 0.2) is 0 Å². The number of rotatable bonds is 4. The second kappa shape index (κ2) is 7.07. The van der Waals surface area contributed by atoms with Crippen LogP contribution < -0.4 is 5.32 Å². The molecule has 1 aliphatic carbocycles. The standard InChI is InChI=1S/C15H25N3OS/c1-4-18(13-8-6-5-7-9-13)15(19)16-11(2)14-10-20-12(3)17-14/h10-11,13H,4-9H2,1-3H3,(H,16,19)/t11-/m0/s1. The molecule has 1 aromatic heterocycles. The Kier molecular flexibility index (Phi) is 5.40. The van der Waals surface area contributed by atoms with Crippen molar-refractivity contribution in [3.05, 3.63) is 16.1 Å². The van der Waals surface area contributed by atoms with Crippen LogP contribution in [-0.4, -0.2) is 28.5 Å². The summed E-state index contributed by atoms with van der Waals surface area (Å²) in [6.45, 7) is 6.83. The highest BCUT2D eigenvalue weighted by atomic mass is 32.1. The topological polar surface area (TPSA) is 45.2 Å². The van der Waals surface area contributed by atoms with Crippen LogP contribution in [0, 0.1) is 6.92 Å². The van der Waals surface area contributed by atoms with E-state index < -0.39 is 0 Å². The molecule has 0 saturated heterocycles. The molecule has 0 aromatic carbocycles. The number of nitrogens with one attached hydrogen (secondary N) is 1. The van der Waals surface area contributed by atoms with Crippen molar-refractivity contribution in [2.24, 2.45) is 0 Å². The van der Waals surface area contributed by atoms with E-state index in [0.29, 0.717) is 6.04 Å². The molecule has 1 atom stereocenters. The van der Waals surface area contributed by atoms with Crippen molar-refractivity contribution in [3.8, 4) is 0 Å². The van der Waals surface area contributed by atoms with Gasteiger partial charge in [-0.1, -0.05) is 19.3 Å². The number of aromatic nitrogens is 1. The molecule has 0 aliphatic heterocycles. The molecule has 1 aromatic rings.